The molecule has 1 aliphatic rings. The number of amides is 1. The van der Waals surface area contributed by atoms with Gasteiger partial charge in [-0.05, 0) is 29.8 Å². The van der Waals surface area contributed by atoms with Crippen molar-refractivity contribution in [3.63, 3.8) is 0 Å². The van der Waals surface area contributed by atoms with E-state index in [0.717, 1.165) is 17.0 Å². The lowest BCUT2D eigenvalue weighted by molar-refractivity contribution is -0.137. The van der Waals surface area contributed by atoms with Crippen molar-refractivity contribution in [3.8, 4) is 6.07 Å². The molecule has 1 amide bonds. The predicted octanol–water partition coefficient (Wildman–Crippen LogP) is 3.31. The van der Waals surface area contributed by atoms with Crippen molar-refractivity contribution in [2.75, 3.05) is 4.90 Å². The molecule has 0 fully saturated rings. The van der Waals surface area contributed by atoms with Crippen LogP contribution >= 0.6 is 0 Å². The molecule has 0 bridgehead atoms. The molecule has 0 N–H and O–H groups in total. The molecule has 1 aliphatic heterocycles. The average Bonchev–Trinajstić information content (AvgIpc) is 2.80. The minimum absolute atomic E-state index is 0.184. The van der Waals surface area contributed by atoms with Crippen LogP contribution in [0.15, 0.2) is 42.5 Å². The fraction of sp³-hybridized carbons (Fsp3) is 0.118. The fourth-order valence-electron chi connectivity index (χ4n) is 2.60. The number of halogens is 3. The van der Waals surface area contributed by atoms with Crippen molar-refractivity contribution in [2.45, 2.75) is 12.7 Å². The van der Waals surface area contributed by atoms with E-state index in [-0.39, 0.29) is 12.1 Å². The van der Waals surface area contributed by atoms with Crippen LogP contribution in [-0.2, 0) is 17.5 Å². The summed E-state index contributed by atoms with van der Waals surface area (Å²) in [4.78, 5) is 24.9. The lowest BCUT2D eigenvalue weighted by Crippen LogP contribution is -2.30. The third-order valence-electron chi connectivity index (χ3n) is 3.72. The molecule has 0 aliphatic carbocycles. The van der Waals surface area contributed by atoms with Crippen LogP contribution < -0.4 is 4.90 Å². The number of carbonyl (C=O) groups is 2. The Bertz CT molecular complexity index is 880. The van der Waals surface area contributed by atoms with Crippen molar-refractivity contribution in [3.05, 3.63) is 64.7 Å². The van der Waals surface area contributed by atoms with Crippen molar-refractivity contribution >= 4 is 17.4 Å². The van der Waals surface area contributed by atoms with Crippen molar-refractivity contribution in [1.82, 2.24) is 0 Å². The summed E-state index contributed by atoms with van der Waals surface area (Å²) in [5.74, 6) is -1.95. The molecule has 0 spiro atoms. The summed E-state index contributed by atoms with van der Waals surface area (Å²) in [6.45, 7) is -0.184. The lowest BCUT2D eigenvalue weighted by Gasteiger charge is -2.21. The van der Waals surface area contributed by atoms with Crippen LogP contribution in [0.1, 0.15) is 27.0 Å². The number of carbonyl (C=O) groups excluding carboxylic acids is 2. The Morgan fingerprint density at radius 1 is 1.04 bits per heavy atom. The maximum atomic E-state index is 13.2. The standard InChI is InChI=1S/C17H9F3N2O2/c18-17(19,20)13-3-1-2-12-14(13)22(16(24)15(12)23)9-11-6-4-10(8-21)5-7-11/h1-7H,9H2. The third-order valence-corrected chi connectivity index (χ3v) is 3.72. The Morgan fingerprint density at radius 2 is 1.71 bits per heavy atom. The maximum absolute atomic E-state index is 13.2. The van der Waals surface area contributed by atoms with Gasteiger partial charge in [0.25, 0.3) is 11.7 Å². The van der Waals surface area contributed by atoms with Gasteiger partial charge in [-0.1, -0.05) is 18.2 Å². The van der Waals surface area contributed by atoms with Crippen LogP contribution in [0, 0.1) is 11.3 Å². The largest absolute Gasteiger partial charge is 0.418 e. The number of para-hydroxylation sites is 1. The first-order chi connectivity index (χ1) is 11.3. The second kappa shape index (κ2) is 5.49. The number of alkyl halides is 3. The highest BCUT2D eigenvalue weighted by Gasteiger charge is 2.44. The van der Waals surface area contributed by atoms with E-state index in [9.17, 15) is 22.8 Å². The number of nitriles is 1. The quantitative estimate of drug-likeness (QED) is 0.794. The van der Waals surface area contributed by atoms with Crippen molar-refractivity contribution in [2.24, 2.45) is 0 Å². The van der Waals surface area contributed by atoms with Gasteiger partial charge in [0.05, 0.1) is 35.0 Å². The zero-order chi connectivity index (χ0) is 17.5. The van der Waals surface area contributed by atoms with Crippen LogP contribution in [0.4, 0.5) is 18.9 Å². The maximum Gasteiger partial charge on any atom is 0.418 e. The zero-order valence-corrected chi connectivity index (χ0v) is 12.1. The van der Waals surface area contributed by atoms with E-state index in [2.05, 4.69) is 0 Å². The third kappa shape index (κ3) is 2.52. The molecule has 120 valence electrons. The number of hydrogen-bond acceptors (Lipinski definition) is 3. The van der Waals surface area contributed by atoms with E-state index in [1.165, 1.54) is 30.3 Å². The van der Waals surface area contributed by atoms with E-state index in [0.29, 0.717) is 11.1 Å². The molecule has 0 radical (unpaired) electrons. The van der Waals surface area contributed by atoms with Gasteiger partial charge >= 0.3 is 6.18 Å². The van der Waals surface area contributed by atoms with Gasteiger partial charge in [0.15, 0.2) is 0 Å². The molecule has 1 heterocycles. The van der Waals surface area contributed by atoms with E-state index in [1.54, 1.807) is 0 Å². The van der Waals surface area contributed by atoms with Crippen LogP contribution in [0.25, 0.3) is 0 Å². The van der Waals surface area contributed by atoms with Gasteiger partial charge < -0.3 is 0 Å². The number of Topliss-reactive ketones (excluding diaryl/α,β-unsaturated/α-hetero) is 1. The zero-order valence-electron chi connectivity index (χ0n) is 12.1. The highest BCUT2D eigenvalue weighted by atomic mass is 19.4. The first-order valence-corrected chi connectivity index (χ1v) is 6.88. The molecule has 0 atom stereocenters. The second-order valence-electron chi connectivity index (χ2n) is 5.23. The van der Waals surface area contributed by atoms with Gasteiger partial charge in [0, 0.05) is 0 Å². The van der Waals surface area contributed by atoms with Gasteiger partial charge in [-0.3, -0.25) is 14.5 Å². The summed E-state index contributed by atoms with van der Waals surface area (Å²) >= 11 is 0. The van der Waals surface area contributed by atoms with E-state index >= 15 is 0 Å². The first-order valence-electron chi connectivity index (χ1n) is 6.88. The topological polar surface area (TPSA) is 61.2 Å². The predicted molar refractivity (Wildman–Crippen MR) is 78.1 cm³/mol. The Kier molecular flexibility index (Phi) is 3.60. The molecule has 0 saturated heterocycles. The van der Waals surface area contributed by atoms with Gasteiger partial charge in [0.1, 0.15) is 0 Å². The van der Waals surface area contributed by atoms with Crippen molar-refractivity contribution < 1.29 is 22.8 Å². The molecule has 4 nitrogen and oxygen atoms in total. The molecule has 7 heteroatoms. The van der Waals surface area contributed by atoms with Crippen LogP contribution in [0.5, 0.6) is 0 Å². The molecule has 2 aromatic carbocycles. The Hall–Kier alpha value is -3.14. The number of benzene rings is 2. The summed E-state index contributed by atoms with van der Waals surface area (Å²) < 4.78 is 39.7. The minimum atomic E-state index is -4.68. The summed E-state index contributed by atoms with van der Waals surface area (Å²) in [5.41, 5.74) is -0.778. The SMILES string of the molecule is N#Cc1ccc(CN2C(=O)C(=O)c3cccc(C(F)(F)F)c32)cc1. The number of hydrogen-bond donors (Lipinski definition) is 0. The van der Waals surface area contributed by atoms with Crippen molar-refractivity contribution in [1.29, 1.82) is 5.26 Å². The smallest absolute Gasteiger partial charge is 0.300 e. The molecule has 0 saturated carbocycles. The number of rotatable bonds is 2. The Morgan fingerprint density at radius 3 is 2.29 bits per heavy atom. The molecule has 2 aromatic rings. The number of anilines is 1. The van der Waals surface area contributed by atoms with Gasteiger partial charge in [-0.15, -0.1) is 0 Å². The van der Waals surface area contributed by atoms with Gasteiger partial charge in [0.2, 0.25) is 0 Å². The highest BCUT2D eigenvalue weighted by molar-refractivity contribution is 6.52. The van der Waals surface area contributed by atoms with Crippen LogP contribution in [0.2, 0.25) is 0 Å². The van der Waals surface area contributed by atoms with E-state index < -0.39 is 29.1 Å². The van der Waals surface area contributed by atoms with E-state index in [4.69, 9.17) is 5.26 Å². The normalized spacial score (nSPS) is 13.8. The van der Waals surface area contributed by atoms with Gasteiger partial charge in [-0.25, -0.2) is 0 Å². The summed E-state index contributed by atoms with van der Waals surface area (Å²) in [6.07, 6.45) is -4.68. The summed E-state index contributed by atoms with van der Waals surface area (Å²) in [7, 11) is 0. The molecular weight excluding hydrogens is 321 g/mol. The molecule has 24 heavy (non-hydrogen) atoms. The number of nitrogens with zero attached hydrogens (tertiary/aromatic N) is 2. The van der Waals surface area contributed by atoms with E-state index in [1.807, 2.05) is 6.07 Å². The fourth-order valence-corrected chi connectivity index (χ4v) is 2.60. The lowest BCUT2D eigenvalue weighted by atomic mass is 10.1. The first kappa shape index (κ1) is 15.7. The average molecular weight is 330 g/mol. The summed E-state index contributed by atoms with van der Waals surface area (Å²) in [5, 5.41) is 8.76. The molecular formula is C17H9F3N2O2. The number of fused-ring (bicyclic) bond motifs is 1. The van der Waals surface area contributed by atoms with Gasteiger partial charge in [-0.2, -0.15) is 18.4 Å². The molecule has 0 unspecified atom stereocenters. The van der Waals surface area contributed by atoms with Crippen LogP contribution in [0.3, 0.4) is 0 Å². The second-order valence-corrected chi connectivity index (χ2v) is 5.23. The molecule has 0 aromatic heterocycles. The Labute approximate surface area is 134 Å². The molecule has 3 rings (SSSR count). The minimum Gasteiger partial charge on any atom is -0.300 e. The van der Waals surface area contributed by atoms with Crippen LogP contribution in [-0.4, -0.2) is 11.7 Å². The summed E-state index contributed by atoms with van der Waals surface area (Å²) in [6, 6.07) is 11.1. The highest BCUT2D eigenvalue weighted by Crippen LogP contribution is 2.42. The monoisotopic (exact) mass is 330 g/mol. The Balaban J connectivity index is 2.06. The number of ketones is 1.